The smallest absolute Gasteiger partial charge is 0.263 e. The van der Waals surface area contributed by atoms with E-state index in [1.807, 2.05) is 24.3 Å². The van der Waals surface area contributed by atoms with E-state index in [1.54, 1.807) is 10.9 Å². The highest BCUT2D eigenvalue weighted by molar-refractivity contribution is 6.05. The van der Waals surface area contributed by atoms with Gasteiger partial charge in [-0.05, 0) is 25.3 Å². The fourth-order valence-electron chi connectivity index (χ4n) is 3.08. The summed E-state index contributed by atoms with van der Waals surface area (Å²) in [7, 11) is 0. The second kappa shape index (κ2) is 5.00. The first-order chi connectivity index (χ1) is 10.3. The van der Waals surface area contributed by atoms with Crippen LogP contribution < -0.4 is 5.56 Å². The number of nitrogens with zero attached hydrogens (tertiary/aromatic N) is 2. The molecule has 21 heavy (non-hydrogen) atoms. The average molecular weight is 283 g/mol. The molecular weight excluding hydrogens is 266 g/mol. The molecular formula is C16H17N3O2. The predicted octanol–water partition coefficient (Wildman–Crippen LogP) is 2.45. The fourth-order valence-corrected chi connectivity index (χ4v) is 3.08. The van der Waals surface area contributed by atoms with Gasteiger partial charge in [0.25, 0.3) is 5.56 Å². The first kappa shape index (κ1) is 12.6. The molecule has 0 bridgehead atoms. The van der Waals surface area contributed by atoms with Crippen LogP contribution in [0.4, 0.5) is 0 Å². The molecule has 0 aliphatic carbocycles. The van der Waals surface area contributed by atoms with Crippen molar-refractivity contribution in [3.05, 3.63) is 40.9 Å². The van der Waals surface area contributed by atoms with E-state index in [0.29, 0.717) is 17.6 Å². The molecule has 3 heterocycles. The van der Waals surface area contributed by atoms with E-state index in [2.05, 4.69) is 9.97 Å². The summed E-state index contributed by atoms with van der Waals surface area (Å²) in [6.45, 7) is 1.51. The minimum absolute atomic E-state index is 0.0236. The molecule has 1 atom stereocenters. The van der Waals surface area contributed by atoms with Crippen molar-refractivity contribution in [1.29, 1.82) is 0 Å². The van der Waals surface area contributed by atoms with Gasteiger partial charge in [0.15, 0.2) is 0 Å². The second-order valence-corrected chi connectivity index (χ2v) is 5.56. The molecule has 5 nitrogen and oxygen atoms in total. The normalized spacial score (nSPS) is 18.8. The average Bonchev–Trinajstić information content (AvgIpc) is 3.13. The molecule has 1 N–H and O–H groups in total. The van der Waals surface area contributed by atoms with Gasteiger partial charge in [-0.15, -0.1) is 0 Å². The van der Waals surface area contributed by atoms with Gasteiger partial charge in [-0.25, -0.2) is 4.98 Å². The van der Waals surface area contributed by atoms with E-state index >= 15 is 0 Å². The topological polar surface area (TPSA) is 59.9 Å². The van der Waals surface area contributed by atoms with Gasteiger partial charge in [-0.2, -0.15) is 0 Å². The second-order valence-electron chi connectivity index (χ2n) is 5.56. The zero-order valence-electron chi connectivity index (χ0n) is 11.7. The van der Waals surface area contributed by atoms with E-state index in [0.717, 1.165) is 36.8 Å². The lowest BCUT2D eigenvalue weighted by atomic mass is 10.2. The molecule has 2 aromatic heterocycles. The van der Waals surface area contributed by atoms with Crippen molar-refractivity contribution >= 4 is 21.9 Å². The number of aromatic amines is 1. The number of hydrogen-bond donors (Lipinski definition) is 1. The summed E-state index contributed by atoms with van der Waals surface area (Å²) < 4.78 is 7.31. The van der Waals surface area contributed by atoms with Crippen molar-refractivity contribution in [1.82, 2.24) is 14.5 Å². The molecule has 3 aromatic rings. The molecule has 0 unspecified atom stereocenters. The SMILES string of the molecule is O=c1c2c(ncn1CC[C@H]1CCCO1)[nH]c1ccccc12. The molecule has 5 heteroatoms. The van der Waals surface area contributed by atoms with Crippen LogP contribution in [-0.2, 0) is 11.3 Å². The van der Waals surface area contributed by atoms with E-state index in [9.17, 15) is 4.79 Å². The number of nitrogens with one attached hydrogen (secondary N) is 1. The number of ether oxygens (including phenoxy) is 1. The summed E-state index contributed by atoms with van der Waals surface area (Å²) in [5.74, 6) is 0. The first-order valence-electron chi connectivity index (χ1n) is 7.40. The summed E-state index contributed by atoms with van der Waals surface area (Å²) in [6.07, 6.45) is 5.01. The lowest BCUT2D eigenvalue weighted by Gasteiger charge is -2.10. The van der Waals surface area contributed by atoms with Gasteiger partial charge in [0.05, 0.1) is 17.8 Å². The number of hydrogen-bond acceptors (Lipinski definition) is 3. The largest absolute Gasteiger partial charge is 0.378 e. The van der Waals surface area contributed by atoms with Crippen molar-refractivity contribution in [2.75, 3.05) is 6.61 Å². The Morgan fingerprint density at radius 1 is 1.38 bits per heavy atom. The Kier molecular flexibility index (Phi) is 3.00. The van der Waals surface area contributed by atoms with Crippen LogP contribution in [-0.4, -0.2) is 27.2 Å². The summed E-state index contributed by atoms with van der Waals surface area (Å²) in [6, 6.07) is 7.82. The molecule has 1 aliphatic heterocycles. The molecule has 0 saturated carbocycles. The summed E-state index contributed by atoms with van der Waals surface area (Å²) in [5.41, 5.74) is 1.64. The number of fused-ring (bicyclic) bond motifs is 3. The molecule has 0 radical (unpaired) electrons. The van der Waals surface area contributed by atoms with Crippen molar-refractivity contribution in [2.45, 2.75) is 31.9 Å². The Hall–Kier alpha value is -2.14. The molecule has 0 amide bonds. The maximum absolute atomic E-state index is 12.7. The molecule has 4 rings (SSSR count). The van der Waals surface area contributed by atoms with E-state index in [1.165, 1.54) is 0 Å². The van der Waals surface area contributed by atoms with Crippen LogP contribution in [0, 0.1) is 0 Å². The van der Waals surface area contributed by atoms with Crippen LogP contribution in [0.1, 0.15) is 19.3 Å². The van der Waals surface area contributed by atoms with Gasteiger partial charge in [0, 0.05) is 24.1 Å². The van der Waals surface area contributed by atoms with Gasteiger partial charge >= 0.3 is 0 Å². The van der Waals surface area contributed by atoms with E-state index in [4.69, 9.17) is 4.74 Å². The third kappa shape index (κ3) is 2.14. The summed E-state index contributed by atoms with van der Waals surface area (Å²) in [5, 5.41) is 1.62. The van der Waals surface area contributed by atoms with Gasteiger partial charge in [-0.1, -0.05) is 18.2 Å². The number of aryl methyl sites for hydroxylation is 1. The van der Waals surface area contributed by atoms with Gasteiger partial charge < -0.3 is 9.72 Å². The molecule has 1 saturated heterocycles. The minimum Gasteiger partial charge on any atom is -0.378 e. The molecule has 1 fully saturated rings. The van der Waals surface area contributed by atoms with Gasteiger partial charge in [-0.3, -0.25) is 9.36 Å². The Morgan fingerprint density at radius 2 is 2.29 bits per heavy atom. The highest BCUT2D eigenvalue weighted by atomic mass is 16.5. The number of H-pyrrole nitrogens is 1. The Bertz CT molecular complexity index is 843. The fraction of sp³-hybridized carbons (Fsp3) is 0.375. The van der Waals surface area contributed by atoms with Crippen LogP contribution in [0.2, 0.25) is 0 Å². The first-order valence-corrected chi connectivity index (χ1v) is 7.40. The van der Waals surface area contributed by atoms with Crippen molar-refractivity contribution in [2.24, 2.45) is 0 Å². The summed E-state index contributed by atoms with van der Waals surface area (Å²) in [4.78, 5) is 20.3. The van der Waals surface area contributed by atoms with Crippen molar-refractivity contribution in [3.63, 3.8) is 0 Å². The maximum atomic E-state index is 12.7. The lowest BCUT2D eigenvalue weighted by Crippen LogP contribution is -2.22. The zero-order chi connectivity index (χ0) is 14.2. The molecule has 1 aliphatic rings. The number of benzene rings is 1. The number of aromatic nitrogens is 3. The predicted molar refractivity (Wildman–Crippen MR) is 81.5 cm³/mol. The number of rotatable bonds is 3. The van der Waals surface area contributed by atoms with Gasteiger partial charge in [0.2, 0.25) is 0 Å². The number of para-hydroxylation sites is 1. The minimum atomic E-state index is 0.0236. The Labute approximate surface area is 121 Å². The highest BCUT2D eigenvalue weighted by Crippen LogP contribution is 2.21. The van der Waals surface area contributed by atoms with Crippen LogP contribution in [0.5, 0.6) is 0 Å². The highest BCUT2D eigenvalue weighted by Gasteiger charge is 2.16. The van der Waals surface area contributed by atoms with E-state index < -0.39 is 0 Å². The summed E-state index contributed by atoms with van der Waals surface area (Å²) >= 11 is 0. The van der Waals surface area contributed by atoms with E-state index in [-0.39, 0.29) is 11.7 Å². The lowest BCUT2D eigenvalue weighted by molar-refractivity contribution is 0.100. The van der Waals surface area contributed by atoms with Crippen molar-refractivity contribution < 1.29 is 4.74 Å². The van der Waals surface area contributed by atoms with Crippen LogP contribution in [0.15, 0.2) is 35.4 Å². The monoisotopic (exact) mass is 283 g/mol. The standard InChI is InChI=1S/C16H17N3O2/c20-16-14-12-5-1-2-6-13(12)18-15(14)17-10-19(16)8-7-11-4-3-9-21-11/h1-2,5-6,10-11,18H,3-4,7-9H2/t11-/m1/s1. The van der Waals surface area contributed by atoms with Crippen LogP contribution in [0.25, 0.3) is 21.9 Å². The zero-order valence-corrected chi connectivity index (χ0v) is 11.7. The van der Waals surface area contributed by atoms with Crippen LogP contribution in [0.3, 0.4) is 0 Å². The third-order valence-electron chi connectivity index (χ3n) is 4.20. The molecule has 1 aromatic carbocycles. The van der Waals surface area contributed by atoms with Gasteiger partial charge in [0.1, 0.15) is 5.65 Å². The Morgan fingerprint density at radius 3 is 3.14 bits per heavy atom. The Balaban J connectivity index is 1.74. The maximum Gasteiger partial charge on any atom is 0.263 e. The quantitative estimate of drug-likeness (QED) is 0.803. The molecule has 108 valence electrons. The van der Waals surface area contributed by atoms with Crippen LogP contribution >= 0.6 is 0 Å². The van der Waals surface area contributed by atoms with Crippen molar-refractivity contribution in [3.8, 4) is 0 Å². The molecule has 0 spiro atoms. The third-order valence-corrected chi connectivity index (χ3v) is 4.20.